The predicted molar refractivity (Wildman–Crippen MR) is 195 cm³/mol. The van der Waals surface area contributed by atoms with Gasteiger partial charge in [0.05, 0.1) is 13.2 Å². The molecular weight excluding hydrogens is 616 g/mol. The highest BCUT2D eigenvalue weighted by Gasteiger charge is 2.43. The van der Waals surface area contributed by atoms with Crippen molar-refractivity contribution < 1.29 is 33.6 Å². The van der Waals surface area contributed by atoms with Gasteiger partial charge in [0.25, 0.3) is 0 Å². The number of hydrogen-bond acceptors (Lipinski definition) is 6. The minimum atomic E-state index is -1.56. The number of carbonyl (C=O) groups is 1. The molecule has 1 heterocycles. The van der Waals surface area contributed by atoms with Crippen molar-refractivity contribution in [2.45, 2.75) is 121 Å². The number of unbranched alkanes of at least 4 members (excludes halogenated alkanes) is 13. The van der Waals surface area contributed by atoms with Gasteiger partial charge < -0.3 is 28.8 Å². The van der Waals surface area contributed by atoms with E-state index in [1.54, 1.807) is 0 Å². The molecule has 0 saturated carbocycles. The molecule has 0 bridgehead atoms. The van der Waals surface area contributed by atoms with Gasteiger partial charge in [-0.3, -0.25) is 0 Å². The first-order chi connectivity index (χ1) is 24.1. The Morgan fingerprint density at radius 1 is 0.612 bits per heavy atom. The summed E-state index contributed by atoms with van der Waals surface area (Å²) < 4.78 is 31.3. The topological polar surface area (TPSA) is 83.5 Å². The number of benzene rings is 3. The van der Waals surface area contributed by atoms with Gasteiger partial charge in [0.2, 0.25) is 0 Å². The molecule has 1 aliphatic rings. The van der Waals surface area contributed by atoms with Crippen LogP contribution in [0.15, 0.2) is 78.9 Å². The van der Waals surface area contributed by atoms with Crippen molar-refractivity contribution in [3.8, 4) is 23.0 Å². The smallest absolute Gasteiger partial charge is 0.340 e. The summed E-state index contributed by atoms with van der Waals surface area (Å²) in [5, 5.41) is 10.9. The summed E-state index contributed by atoms with van der Waals surface area (Å²) in [4.78, 5) is 13.3. The van der Waals surface area contributed by atoms with Gasteiger partial charge in [-0.25, -0.2) is 4.79 Å². The zero-order valence-corrected chi connectivity index (χ0v) is 29.6. The highest BCUT2D eigenvalue weighted by atomic mass is 16.6. The molecule has 1 N–H and O–H groups in total. The minimum absolute atomic E-state index is 0.0734. The van der Waals surface area contributed by atoms with Crippen LogP contribution in [0.2, 0.25) is 0 Å². The second-order valence-corrected chi connectivity index (χ2v) is 13.2. The van der Waals surface area contributed by atoms with Gasteiger partial charge in [0.15, 0.2) is 28.6 Å². The standard InChI is InChI=1S/C42H58O7/c1-2-3-4-5-6-7-8-9-10-11-12-13-14-22-30-42(41(43)44,35-24-16-15-17-25-35)49-36-33-47-39-28-20-18-26-37(39)45-31-23-32-46-38-27-19-21-29-40(38)48-34-36/h15-21,24-29,36H,2-14,22-23,30-34H2,1H3,(H,43,44). The van der Waals surface area contributed by atoms with Gasteiger partial charge in [-0.15, -0.1) is 0 Å². The molecule has 1 atom stereocenters. The Balaban J connectivity index is 1.40. The summed E-state index contributed by atoms with van der Waals surface area (Å²) in [6, 6.07) is 24.3. The van der Waals surface area contributed by atoms with Crippen LogP contribution in [0.4, 0.5) is 0 Å². The van der Waals surface area contributed by atoms with Gasteiger partial charge in [-0.2, -0.15) is 0 Å². The monoisotopic (exact) mass is 674 g/mol. The maximum absolute atomic E-state index is 13.3. The molecule has 0 amide bonds. The molecule has 268 valence electrons. The molecule has 1 unspecified atom stereocenters. The summed E-state index contributed by atoms with van der Waals surface area (Å²) >= 11 is 0. The summed E-state index contributed by atoms with van der Waals surface area (Å²) in [5.74, 6) is 1.37. The summed E-state index contributed by atoms with van der Waals surface area (Å²) in [5.41, 5.74) is -0.947. The molecule has 49 heavy (non-hydrogen) atoms. The van der Waals surface area contributed by atoms with Crippen molar-refractivity contribution >= 4 is 5.97 Å². The van der Waals surface area contributed by atoms with Crippen molar-refractivity contribution in [2.24, 2.45) is 0 Å². The number of rotatable bonds is 19. The highest BCUT2D eigenvalue weighted by Crippen LogP contribution is 2.36. The van der Waals surface area contributed by atoms with Crippen molar-refractivity contribution in [2.75, 3.05) is 26.4 Å². The van der Waals surface area contributed by atoms with E-state index >= 15 is 0 Å². The molecule has 0 aliphatic carbocycles. The molecule has 0 spiro atoms. The summed E-state index contributed by atoms with van der Waals surface area (Å²) in [6.07, 6.45) is 17.6. The second-order valence-electron chi connectivity index (χ2n) is 13.2. The maximum Gasteiger partial charge on any atom is 0.340 e. The van der Waals surface area contributed by atoms with Gasteiger partial charge in [0.1, 0.15) is 19.3 Å². The second kappa shape index (κ2) is 22.1. The fourth-order valence-corrected chi connectivity index (χ4v) is 6.39. The Bertz CT molecular complexity index is 1280. The Morgan fingerprint density at radius 3 is 1.47 bits per heavy atom. The lowest BCUT2D eigenvalue weighted by Gasteiger charge is -2.34. The van der Waals surface area contributed by atoms with Crippen LogP contribution in [0.5, 0.6) is 23.0 Å². The largest absolute Gasteiger partial charge is 0.490 e. The van der Waals surface area contributed by atoms with Gasteiger partial charge in [-0.05, 0) is 42.7 Å². The molecule has 0 saturated heterocycles. The predicted octanol–water partition coefficient (Wildman–Crippen LogP) is 10.5. The number of fused-ring (bicyclic) bond motifs is 2. The number of carboxylic acid groups (broad SMARTS) is 1. The van der Waals surface area contributed by atoms with E-state index in [4.69, 9.17) is 23.7 Å². The van der Waals surface area contributed by atoms with E-state index in [1.807, 2.05) is 78.9 Å². The lowest BCUT2D eigenvalue weighted by atomic mass is 9.87. The van der Waals surface area contributed by atoms with Crippen LogP contribution in [-0.4, -0.2) is 43.6 Å². The third-order valence-corrected chi connectivity index (χ3v) is 9.19. The van der Waals surface area contributed by atoms with Crippen LogP contribution >= 0.6 is 0 Å². The third-order valence-electron chi connectivity index (χ3n) is 9.19. The highest BCUT2D eigenvalue weighted by molar-refractivity contribution is 5.79. The van der Waals surface area contributed by atoms with E-state index in [9.17, 15) is 9.90 Å². The van der Waals surface area contributed by atoms with Gasteiger partial charge in [-0.1, -0.05) is 145 Å². The van der Waals surface area contributed by atoms with Crippen LogP contribution in [-0.2, 0) is 15.1 Å². The molecule has 4 rings (SSSR count). The van der Waals surface area contributed by atoms with Gasteiger partial charge >= 0.3 is 5.97 Å². The normalized spacial score (nSPS) is 15.2. The van der Waals surface area contributed by atoms with E-state index in [0.717, 1.165) is 19.3 Å². The van der Waals surface area contributed by atoms with E-state index in [2.05, 4.69) is 6.92 Å². The van der Waals surface area contributed by atoms with Gasteiger partial charge in [0, 0.05) is 6.42 Å². The van der Waals surface area contributed by atoms with Crippen LogP contribution < -0.4 is 18.9 Å². The van der Waals surface area contributed by atoms with Crippen molar-refractivity contribution in [1.82, 2.24) is 0 Å². The van der Waals surface area contributed by atoms with Crippen molar-refractivity contribution in [1.29, 1.82) is 0 Å². The molecular formula is C42H58O7. The average molecular weight is 675 g/mol. The summed E-state index contributed by atoms with van der Waals surface area (Å²) in [7, 11) is 0. The third kappa shape index (κ3) is 12.9. The number of ether oxygens (including phenoxy) is 5. The van der Waals surface area contributed by atoms with Crippen LogP contribution in [0.1, 0.15) is 115 Å². The number of carboxylic acids is 1. The Labute approximate surface area is 294 Å². The first-order valence-electron chi connectivity index (χ1n) is 18.8. The maximum atomic E-state index is 13.3. The quantitative estimate of drug-likeness (QED) is 0.127. The molecule has 0 aromatic heterocycles. The zero-order valence-electron chi connectivity index (χ0n) is 29.6. The van der Waals surface area contributed by atoms with E-state index < -0.39 is 17.7 Å². The first kappa shape index (κ1) is 38.1. The molecule has 0 radical (unpaired) electrons. The minimum Gasteiger partial charge on any atom is -0.490 e. The molecule has 0 fully saturated rings. The molecule has 1 aliphatic heterocycles. The van der Waals surface area contributed by atoms with E-state index in [-0.39, 0.29) is 13.2 Å². The fourth-order valence-electron chi connectivity index (χ4n) is 6.39. The first-order valence-corrected chi connectivity index (χ1v) is 18.8. The fraction of sp³-hybridized carbons (Fsp3) is 0.548. The number of aliphatic carboxylic acids is 1. The van der Waals surface area contributed by atoms with Crippen molar-refractivity contribution in [3.05, 3.63) is 84.4 Å². The van der Waals surface area contributed by atoms with Crippen LogP contribution in [0.3, 0.4) is 0 Å². The molecule has 7 nitrogen and oxygen atoms in total. The molecule has 3 aromatic rings. The van der Waals surface area contributed by atoms with E-state index in [1.165, 1.54) is 70.6 Å². The number of hydrogen-bond donors (Lipinski definition) is 1. The Kier molecular flexibility index (Phi) is 17.2. The van der Waals surface area contributed by atoms with E-state index in [0.29, 0.717) is 54.6 Å². The Morgan fingerprint density at radius 2 is 1.02 bits per heavy atom. The SMILES string of the molecule is CCCCCCCCCCCCCCCCC(OC1COc2ccccc2OCCCOc2ccccc2OC1)(C(=O)O)c1ccccc1. The molecule has 7 heteroatoms. The van der Waals surface area contributed by atoms with Crippen LogP contribution in [0, 0.1) is 0 Å². The lowest BCUT2D eigenvalue weighted by Crippen LogP contribution is -2.45. The average Bonchev–Trinajstić information content (AvgIpc) is 3.13. The summed E-state index contributed by atoms with van der Waals surface area (Å²) in [6.45, 7) is 3.33. The lowest BCUT2D eigenvalue weighted by molar-refractivity contribution is -0.183. The van der Waals surface area contributed by atoms with Crippen LogP contribution in [0.25, 0.3) is 0 Å². The molecule has 3 aromatic carbocycles. The Hall–Kier alpha value is -3.71. The van der Waals surface area contributed by atoms with Crippen molar-refractivity contribution in [3.63, 3.8) is 0 Å². The number of para-hydroxylation sites is 4. The zero-order chi connectivity index (χ0) is 34.4.